The number of nitrogens with zero attached hydrogens (tertiary/aromatic N) is 5. The Balaban J connectivity index is 1.25. The predicted molar refractivity (Wildman–Crippen MR) is 114 cm³/mol. The van der Waals surface area contributed by atoms with Crippen molar-refractivity contribution in [3.8, 4) is 11.5 Å². The number of imide groups is 1. The molecular formula is C22H27N5O4. The summed E-state index contributed by atoms with van der Waals surface area (Å²) < 4.78 is 10.7. The van der Waals surface area contributed by atoms with E-state index in [4.69, 9.17) is 9.47 Å². The molecule has 1 aromatic carbocycles. The molecule has 164 valence electrons. The molecule has 4 rings (SSSR count). The van der Waals surface area contributed by atoms with Gasteiger partial charge in [-0.3, -0.25) is 19.4 Å². The van der Waals surface area contributed by atoms with E-state index in [2.05, 4.69) is 19.8 Å². The van der Waals surface area contributed by atoms with Crippen LogP contribution in [0.1, 0.15) is 23.2 Å². The average molecular weight is 425 g/mol. The molecule has 0 saturated carbocycles. The molecule has 1 aromatic heterocycles. The first kappa shape index (κ1) is 21.0. The molecule has 0 bridgehead atoms. The number of carbonyl (C=O) groups is 2. The molecule has 0 radical (unpaired) electrons. The summed E-state index contributed by atoms with van der Waals surface area (Å²) in [5, 5.41) is 0. The number of amides is 2. The normalized spacial score (nSPS) is 17.2. The minimum Gasteiger partial charge on any atom is -0.497 e. The van der Waals surface area contributed by atoms with Gasteiger partial charge in [0.25, 0.3) is 11.8 Å². The highest BCUT2D eigenvalue weighted by molar-refractivity contribution is 6.07. The Morgan fingerprint density at radius 2 is 1.77 bits per heavy atom. The third-order valence-corrected chi connectivity index (χ3v) is 5.63. The summed E-state index contributed by atoms with van der Waals surface area (Å²) in [6, 6.07) is 6.82. The summed E-state index contributed by atoms with van der Waals surface area (Å²) in [4.78, 5) is 39.8. The summed E-state index contributed by atoms with van der Waals surface area (Å²) in [6.45, 7) is 4.87. The van der Waals surface area contributed by atoms with Gasteiger partial charge in [-0.05, 0) is 37.6 Å². The second-order valence-corrected chi connectivity index (χ2v) is 7.59. The van der Waals surface area contributed by atoms with E-state index in [0.717, 1.165) is 51.5 Å². The number of fused-ring (bicyclic) bond motifs is 1. The average Bonchev–Trinajstić information content (AvgIpc) is 2.93. The minimum atomic E-state index is -0.309. The van der Waals surface area contributed by atoms with Gasteiger partial charge < -0.3 is 14.4 Å². The van der Waals surface area contributed by atoms with E-state index in [1.165, 1.54) is 4.90 Å². The number of carbonyl (C=O) groups excluding carboxylic acids is 2. The van der Waals surface area contributed by atoms with Crippen LogP contribution in [0.25, 0.3) is 0 Å². The summed E-state index contributed by atoms with van der Waals surface area (Å²) in [5.41, 5.74) is 0.394. The molecule has 9 heteroatoms. The van der Waals surface area contributed by atoms with E-state index in [1.807, 2.05) is 6.07 Å². The van der Waals surface area contributed by atoms with Crippen molar-refractivity contribution in [1.82, 2.24) is 19.8 Å². The molecule has 3 heterocycles. The lowest BCUT2D eigenvalue weighted by Crippen LogP contribution is -2.47. The Morgan fingerprint density at radius 3 is 2.52 bits per heavy atom. The number of hydrogen-bond acceptors (Lipinski definition) is 8. The van der Waals surface area contributed by atoms with Gasteiger partial charge in [0.1, 0.15) is 11.5 Å². The minimum absolute atomic E-state index is 0.143. The molecule has 1 saturated heterocycles. The number of rotatable bonds is 7. The maximum atomic E-state index is 12.9. The Bertz CT molecular complexity index is 915. The van der Waals surface area contributed by atoms with Gasteiger partial charge in [0.2, 0.25) is 5.95 Å². The van der Waals surface area contributed by atoms with E-state index in [9.17, 15) is 9.59 Å². The molecule has 0 spiro atoms. The number of benzene rings is 1. The first-order valence-electron chi connectivity index (χ1n) is 10.6. The van der Waals surface area contributed by atoms with Crippen molar-refractivity contribution >= 4 is 17.8 Å². The lowest BCUT2D eigenvalue weighted by atomic mass is 10.1. The van der Waals surface area contributed by atoms with Crippen molar-refractivity contribution in [2.24, 2.45) is 0 Å². The fourth-order valence-electron chi connectivity index (χ4n) is 3.86. The number of anilines is 1. The van der Waals surface area contributed by atoms with Crippen molar-refractivity contribution < 1.29 is 19.1 Å². The van der Waals surface area contributed by atoms with Crippen LogP contribution in [0.15, 0.2) is 36.7 Å². The Labute approximate surface area is 181 Å². The van der Waals surface area contributed by atoms with E-state index >= 15 is 0 Å². The van der Waals surface area contributed by atoms with Gasteiger partial charge in [0.15, 0.2) is 6.61 Å². The Hall–Kier alpha value is -3.20. The highest BCUT2D eigenvalue weighted by Gasteiger charge is 2.29. The molecule has 2 aromatic rings. The van der Waals surface area contributed by atoms with Crippen molar-refractivity contribution in [3.63, 3.8) is 0 Å². The first-order valence-corrected chi connectivity index (χ1v) is 10.6. The molecule has 2 amide bonds. The Kier molecular flexibility index (Phi) is 6.61. The van der Waals surface area contributed by atoms with Crippen LogP contribution < -0.4 is 14.4 Å². The van der Waals surface area contributed by atoms with Gasteiger partial charge >= 0.3 is 0 Å². The fraction of sp³-hybridized carbons (Fsp3) is 0.455. The van der Waals surface area contributed by atoms with E-state index in [0.29, 0.717) is 23.6 Å². The molecular weight excluding hydrogens is 398 g/mol. The fourth-order valence-corrected chi connectivity index (χ4v) is 3.86. The molecule has 0 aliphatic carbocycles. The molecule has 0 atom stereocenters. The molecule has 0 N–H and O–H groups in total. The van der Waals surface area contributed by atoms with Gasteiger partial charge in [-0.1, -0.05) is 0 Å². The monoisotopic (exact) mass is 425 g/mol. The molecule has 2 aliphatic heterocycles. The van der Waals surface area contributed by atoms with Crippen LogP contribution in [-0.4, -0.2) is 84.6 Å². The maximum absolute atomic E-state index is 12.9. The van der Waals surface area contributed by atoms with Crippen LogP contribution in [0, 0.1) is 0 Å². The van der Waals surface area contributed by atoms with Crippen molar-refractivity contribution in [3.05, 3.63) is 42.2 Å². The van der Waals surface area contributed by atoms with Crippen LogP contribution in [0.4, 0.5) is 5.95 Å². The van der Waals surface area contributed by atoms with Crippen LogP contribution in [0.5, 0.6) is 11.5 Å². The molecule has 0 unspecified atom stereocenters. The van der Waals surface area contributed by atoms with Crippen molar-refractivity contribution in [1.29, 1.82) is 0 Å². The quantitative estimate of drug-likeness (QED) is 0.487. The van der Waals surface area contributed by atoms with E-state index < -0.39 is 0 Å². The van der Waals surface area contributed by atoms with Gasteiger partial charge in [-0.2, -0.15) is 0 Å². The molecule has 2 aliphatic rings. The number of hydrogen-bond donors (Lipinski definition) is 0. The second kappa shape index (κ2) is 9.74. The number of ether oxygens (including phenoxy) is 2. The van der Waals surface area contributed by atoms with Crippen LogP contribution in [0.2, 0.25) is 0 Å². The SMILES string of the molecule is COc1ccc2c(c1)OCC(=O)N(CCCCN1CCN(c3ncccn3)CC1)C2=O. The molecule has 31 heavy (non-hydrogen) atoms. The first-order chi connectivity index (χ1) is 15.2. The molecule has 9 nitrogen and oxygen atoms in total. The summed E-state index contributed by atoms with van der Waals surface area (Å²) in [6.07, 6.45) is 5.19. The summed E-state index contributed by atoms with van der Waals surface area (Å²) >= 11 is 0. The third-order valence-electron chi connectivity index (χ3n) is 5.63. The molecule has 1 fully saturated rings. The maximum Gasteiger partial charge on any atom is 0.267 e. The second-order valence-electron chi connectivity index (χ2n) is 7.59. The Morgan fingerprint density at radius 1 is 1.03 bits per heavy atom. The van der Waals surface area contributed by atoms with Gasteiger partial charge in [0, 0.05) is 51.2 Å². The van der Waals surface area contributed by atoms with Crippen molar-refractivity contribution in [2.45, 2.75) is 12.8 Å². The number of methoxy groups -OCH3 is 1. The van der Waals surface area contributed by atoms with Crippen LogP contribution in [-0.2, 0) is 4.79 Å². The van der Waals surface area contributed by atoms with Gasteiger partial charge in [-0.25, -0.2) is 9.97 Å². The summed E-state index contributed by atoms with van der Waals surface area (Å²) in [5.74, 6) is 1.14. The largest absolute Gasteiger partial charge is 0.497 e. The van der Waals surface area contributed by atoms with Gasteiger partial charge in [-0.15, -0.1) is 0 Å². The number of aromatic nitrogens is 2. The lowest BCUT2D eigenvalue weighted by molar-refractivity contribution is -0.130. The zero-order valence-electron chi connectivity index (χ0n) is 17.7. The highest BCUT2D eigenvalue weighted by atomic mass is 16.5. The zero-order chi connectivity index (χ0) is 21.6. The summed E-state index contributed by atoms with van der Waals surface area (Å²) in [7, 11) is 1.55. The predicted octanol–water partition coefficient (Wildman–Crippen LogP) is 1.45. The van der Waals surface area contributed by atoms with E-state index in [-0.39, 0.29) is 18.4 Å². The van der Waals surface area contributed by atoms with Crippen LogP contribution >= 0.6 is 0 Å². The third kappa shape index (κ3) is 4.93. The van der Waals surface area contributed by atoms with E-state index in [1.54, 1.807) is 37.7 Å². The van der Waals surface area contributed by atoms with Gasteiger partial charge in [0.05, 0.1) is 12.7 Å². The number of unbranched alkanes of at least 4 members (excludes halogenated alkanes) is 1. The lowest BCUT2D eigenvalue weighted by Gasteiger charge is -2.34. The smallest absolute Gasteiger partial charge is 0.267 e. The standard InChI is InChI=1S/C22H27N5O4/c1-30-17-5-6-18-19(15-17)31-16-20(28)27(21(18)29)10-3-2-9-25-11-13-26(14-12-25)22-23-7-4-8-24-22/h4-8,15H,2-3,9-14,16H2,1H3. The highest BCUT2D eigenvalue weighted by Crippen LogP contribution is 2.28. The van der Waals surface area contributed by atoms with Crippen LogP contribution in [0.3, 0.4) is 0 Å². The zero-order valence-corrected chi connectivity index (χ0v) is 17.7. The van der Waals surface area contributed by atoms with Crippen molar-refractivity contribution in [2.75, 3.05) is 57.9 Å². The topological polar surface area (TPSA) is 88.1 Å². The number of piperazine rings is 1.